The number of hydrogen-bond donors (Lipinski definition) is 1. The van der Waals surface area contributed by atoms with Gasteiger partial charge in [-0.15, -0.1) is 0 Å². The van der Waals surface area contributed by atoms with Gasteiger partial charge in [-0.3, -0.25) is 23.9 Å². The van der Waals surface area contributed by atoms with Gasteiger partial charge in [0.25, 0.3) is 5.56 Å². The Hall–Kier alpha value is -4.09. The molecular weight excluding hydrogens is 504 g/mol. The van der Waals surface area contributed by atoms with Gasteiger partial charge in [0.2, 0.25) is 5.91 Å². The van der Waals surface area contributed by atoms with Crippen LogP contribution in [0, 0.1) is 5.92 Å². The molecule has 3 aliphatic heterocycles. The summed E-state index contributed by atoms with van der Waals surface area (Å²) in [6.45, 7) is 6.51. The van der Waals surface area contributed by atoms with E-state index in [-0.39, 0.29) is 24.1 Å². The molecule has 11 heteroatoms. The second-order valence-electron chi connectivity index (χ2n) is 10.6. The zero-order valence-electron chi connectivity index (χ0n) is 21.9. The molecule has 2 fully saturated rings. The van der Waals surface area contributed by atoms with Crippen molar-refractivity contribution in [3.8, 4) is 0 Å². The number of esters is 2. The highest BCUT2D eigenvalue weighted by atomic mass is 16.6. The fraction of sp³-hybridized carbons (Fsp3) is 0.393. The first-order chi connectivity index (χ1) is 18.6. The lowest BCUT2D eigenvalue weighted by Gasteiger charge is -2.33. The first-order valence-corrected chi connectivity index (χ1v) is 12.9. The molecule has 0 aliphatic carbocycles. The first-order valence-electron chi connectivity index (χ1n) is 12.9. The Morgan fingerprint density at radius 1 is 1.13 bits per heavy atom. The number of para-hydroxylation sites is 2. The number of rotatable bonds is 4. The van der Waals surface area contributed by atoms with Crippen LogP contribution >= 0.6 is 0 Å². The summed E-state index contributed by atoms with van der Waals surface area (Å²) in [5, 5.41) is 12.2. The van der Waals surface area contributed by atoms with Gasteiger partial charge in [0.1, 0.15) is 12.1 Å². The molecule has 1 N–H and O–H groups in total. The van der Waals surface area contributed by atoms with Gasteiger partial charge in [0.05, 0.1) is 16.6 Å². The fourth-order valence-corrected chi connectivity index (χ4v) is 6.13. The minimum Gasteiger partial charge on any atom is -0.454 e. The molecular formula is C28H28N4O7. The van der Waals surface area contributed by atoms with E-state index in [9.17, 15) is 24.4 Å². The maximum Gasteiger partial charge on any atom is 0.330 e. The molecule has 1 amide bonds. The van der Waals surface area contributed by atoms with Crippen LogP contribution in [0.1, 0.15) is 57.6 Å². The minimum atomic E-state index is -1.44. The molecule has 3 aliphatic rings. The first kappa shape index (κ1) is 25.2. The largest absolute Gasteiger partial charge is 0.454 e. The van der Waals surface area contributed by atoms with Gasteiger partial charge >= 0.3 is 11.9 Å². The van der Waals surface area contributed by atoms with Gasteiger partial charge < -0.3 is 14.7 Å². The average molecular weight is 533 g/mol. The number of fused-ring (bicyclic) bond motifs is 6. The van der Waals surface area contributed by atoms with Gasteiger partial charge in [-0.05, 0) is 31.0 Å². The second-order valence-corrected chi connectivity index (χ2v) is 10.6. The fourth-order valence-electron chi connectivity index (χ4n) is 6.13. The number of amides is 1. The normalized spacial score (nSPS) is 26.8. The summed E-state index contributed by atoms with van der Waals surface area (Å²) in [7, 11) is 0. The van der Waals surface area contributed by atoms with Crippen molar-refractivity contribution in [2.45, 2.75) is 64.1 Å². The molecule has 39 heavy (non-hydrogen) atoms. The maximum atomic E-state index is 14.0. The van der Waals surface area contributed by atoms with E-state index in [4.69, 9.17) is 14.5 Å². The monoisotopic (exact) mass is 532 g/mol. The van der Waals surface area contributed by atoms with Crippen LogP contribution < -0.4 is 10.5 Å². The Balaban J connectivity index is 1.56. The van der Waals surface area contributed by atoms with Crippen LogP contribution in [-0.4, -0.2) is 49.9 Å². The quantitative estimate of drug-likeness (QED) is 0.504. The molecule has 0 unspecified atom stereocenters. The molecule has 4 heterocycles. The summed E-state index contributed by atoms with van der Waals surface area (Å²) in [6, 6.07) is 11.8. The van der Waals surface area contributed by atoms with Crippen molar-refractivity contribution in [2.24, 2.45) is 5.92 Å². The van der Waals surface area contributed by atoms with Crippen LogP contribution in [0.2, 0.25) is 0 Å². The summed E-state index contributed by atoms with van der Waals surface area (Å²) in [5.41, 5.74) is -0.415. The van der Waals surface area contributed by atoms with Crippen molar-refractivity contribution in [3.05, 3.63) is 70.3 Å². The highest BCUT2D eigenvalue weighted by Crippen LogP contribution is 2.57. The van der Waals surface area contributed by atoms with E-state index in [1.165, 1.54) is 16.4 Å². The van der Waals surface area contributed by atoms with Gasteiger partial charge in [-0.2, -0.15) is 5.06 Å². The zero-order valence-corrected chi connectivity index (χ0v) is 21.9. The lowest BCUT2D eigenvalue weighted by Crippen LogP contribution is -2.50. The molecule has 0 saturated carbocycles. The highest BCUT2D eigenvalue weighted by Gasteiger charge is 2.67. The molecule has 1 spiro atoms. The number of carbonyl (C=O) groups is 3. The molecule has 11 nitrogen and oxygen atoms in total. The summed E-state index contributed by atoms with van der Waals surface area (Å²) < 4.78 is 13.0. The van der Waals surface area contributed by atoms with E-state index in [0.717, 1.165) is 5.06 Å². The summed E-state index contributed by atoms with van der Waals surface area (Å²) >= 11 is 0. The molecule has 3 aromatic rings. The van der Waals surface area contributed by atoms with Crippen LogP contribution in [0.4, 0.5) is 5.69 Å². The van der Waals surface area contributed by atoms with Gasteiger partial charge in [0, 0.05) is 18.9 Å². The molecule has 1 aromatic heterocycles. The standard InChI is InChI=1S/C28H28N4O7/c1-14(2)22(38-16(4)33)23-29-19-11-7-5-9-17(19)25(35)30(23)21-13-28(39-26(21)36)18-10-6-8-12-20(18)31-24(34)15(3)32(37)27(28)31/h5-12,14-15,21-22,27,37H,13H2,1-4H3/t15-,21-,22+,27-,28+/m0/s1. The zero-order chi connectivity index (χ0) is 27.8. The van der Waals surface area contributed by atoms with Crippen molar-refractivity contribution >= 4 is 34.4 Å². The second kappa shape index (κ2) is 8.72. The average Bonchev–Trinajstić information content (AvgIpc) is 3.47. The van der Waals surface area contributed by atoms with E-state index < -0.39 is 47.5 Å². The molecule has 6 rings (SSSR count). The molecule has 202 valence electrons. The van der Waals surface area contributed by atoms with Crippen molar-refractivity contribution < 1.29 is 29.1 Å². The number of nitrogens with zero attached hydrogens (tertiary/aromatic N) is 4. The number of ether oxygens (including phenoxy) is 2. The van der Waals surface area contributed by atoms with Crippen molar-refractivity contribution in [3.63, 3.8) is 0 Å². The number of aromatic nitrogens is 2. The van der Waals surface area contributed by atoms with Crippen LogP contribution in [0.15, 0.2) is 53.3 Å². The van der Waals surface area contributed by atoms with Crippen LogP contribution in [0.5, 0.6) is 0 Å². The van der Waals surface area contributed by atoms with E-state index in [1.54, 1.807) is 55.5 Å². The molecule has 2 aromatic carbocycles. The number of carbonyl (C=O) groups excluding carboxylic acids is 3. The SMILES string of the molecule is CC(=O)O[C@@H](c1nc2ccccc2c(=O)n1[C@H]1C[C@@]2(OC1=O)c1ccccc1N1C(=O)[C@H](C)N(O)[C@H]12)C(C)C. The van der Waals surface area contributed by atoms with E-state index in [2.05, 4.69) is 0 Å². The number of benzene rings is 2. The summed E-state index contributed by atoms with van der Waals surface area (Å²) in [6.07, 6.45) is -1.98. The summed E-state index contributed by atoms with van der Waals surface area (Å²) in [4.78, 5) is 59.1. The van der Waals surface area contributed by atoms with Gasteiger partial charge in [-0.25, -0.2) is 9.78 Å². The third-order valence-electron chi connectivity index (χ3n) is 7.87. The smallest absolute Gasteiger partial charge is 0.330 e. The molecule has 2 saturated heterocycles. The predicted octanol–water partition coefficient (Wildman–Crippen LogP) is 2.81. The van der Waals surface area contributed by atoms with E-state index >= 15 is 0 Å². The maximum absolute atomic E-state index is 14.0. The lowest BCUT2D eigenvalue weighted by atomic mass is 9.88. The predicted molar refractivity (Wildman–Crippen MR) is 138 cm³/mol. The topological polar surface area (TPSA) is 131 Å². The number of hydroxylamine groups is 2. The van der Waals surface area contributed by atoms with Crippen molar-refractivity contribution in [1.82, 2.24) is 14.6 Å². The van der Waals surface area contributed by atoms with E-state index in [0.29, 0.717) is 22.2 Å². The third kappa shape index (κ3) is 3.46. The molecule has 0 radical (unpaired) electrons. The lowest BCUT2D eigenvalue weighted by molar-refractivity contribution is -0.190. The molecule has 0 bridgehead atoms. The Labute approximate surface area is 223 Å². The Morgan fingerprint density at radius 3 is 2.54 bits per heavy atom. The van der Waals surface area contributed by atoms with Gasteiger partial charge in [0.15, 0.2) is 23.7 Å². The number of hydrogen-bond acceptors (Lipinski definition) is 9. The Kier molecular flexibility index (Phi) is 5.63. The third-order valence-corrected chi connectivity index (χ3v) is 7.87. The van der Waals surface area contributed by atoms with Gasteiger partial charge in [-0.1, -0.05) is 44.2 Å². The summed E-state index contributed by atoms with van der Waals surface area (Å²) in [5.74, 6) is -1.74. The van der Waals surface area contributed by atoms with Crippen LogP contribution in [-0.2, 0) is 29.5 Å². The van der Waals surface area contributed by atoms with Crippen LogP contribution in [0.25, 0.3) is 10.9 Å². The highest BCUT2D eigenvalue weighted by molar-refractivity contribution is 6.02. The Bertz CT molecular complexity index is 1600. The van der Waals surface area contributed by atoms with Crippen molar-refractivity contribution in [1.29, 1.82) is 0 Å². The molecule has 5 atom stereocenters. The van der Waals surface area contributed by atoms with Crippen molar-refractivity contribution in [2.75, 3.05) is 4.90 Å². The minimum absolute atomic E-state index is 0.0567. The number of anilines is 1. The van der Waals surface area contributed by atoms with E-state index in [1.807, 2.05) is 13.8 Å². The van der Waals surface area contributed by atoms with Crippen LogP contribution in [0.3, 0.4) is 0 Å². The Morgan fingerprint density at radius 2 is 1.82 bits per heavy atom.